The molecule has 0 saturated carbocycles. The fourth-order valence-corrected chi connectivity index (χ4v) is 2.63. The van der Waals surface area contributed by atoms with Gasteiger partial charge in [-0.2, -0.15) is 5.10 Å². The number of nitrogens with one attached hydrogen (secondary N) is 1. The summed E-state index contributed by atoms with van der Waals surface area (Å²) in [5.74, 6) is -0.695. The Morgan fingerprint density at radius 3 is 2.48 bits per heavy atom. The molecular formula is C19H18FN3O2. The highest BCUT2D eigenvalue weighted by atomic mass is 19.1. The molecule has 0 aliphatic rings. The van der Waals surface area contributed by atoms with Crippen molar-refractivity contribution in [2.45, 2.75) is 26.4 Å². The van der Waals surface area contributed by atoms with Crippen molar-refractivity contribution in [2.24, 2.45) is 0 Å². The summed E-state index contributed by atoms with van der Waals surface area (Å²) in [6.07, 6.45) is 0.738. The van der Waals surface area contributed by atoms with Crippen molar-refractivity contribution >= 4 is 16.7 Å². The van der Waals surface area contributed by atoms with E-state index in [0.717, 1.165) is 12.0 Å². The molecule has 0 unspecified atom stereocenters. The average molecular weight is 339 g/mol. The zero-order chi connectivity index (χ0) is 17.8. The maximum Gasteiger partial charge on any atom is 0.274 e. The summed E-state index contributed by atoms with van der Waals surface area (Å²) in [5, 5.41) is 8.02. The first kappa shape index (κ1) is 16.8. The van der Waals surface area contributed by atoms with Gasteiger partial charge in [-0.3, -0.25) is 9.59 Å². The van der Waals surface area contributed by atoms with E-state index in [2.05, 4.69) is 10.4 Å². The average Bonchev–Trinajstić information content (AvgIpc) is 2.63. The zero-order valence-corrected chi connectivity index (χ0v) is 13.8. The summed E-state index contributed by atoms with van der Waals surface area (Å²) in [5.41, 5.74) is 0.791. The highest BCUT2D eigenvalue weighted by molar-refractivity contribution is 6.04. The van der Waals surface area contributed by atoms with Gasteiger partial charge in [0.1, 0.15) is 5.82 Å². The molecule has 0 aliphatic carbocycles. The number of aromatic nitrogens is 2. The second kappa shape index (κ2) is 7.25. The quantitative estimate of drug-likeness (QED) is 0.777. The summed E-state index contributed by atoms with van der Waals surface area (Å²) < 4.78 is 14.3. The number of benzene rings is 2. The summed E-state index contributed by atoms with van der Waals surface area (Å²) in [6, 6.07) is 12.9. The highest BCUT2D eigenvalue weighted by Crippen LogP contribution is 2.13. The maximum absolute atomic E-state index is 13.0. The Kier molecular flexibility index (Phi) is 4.88. The van der Waals surface area contributed by atoms with Gasteiger partial charge in [-0.05, 0) is 30.2 Å². The molecule has 1 aromatic heterocycles. The lowest BCUT2D eigenvalue weighted by atomic mass is 10.1. The first-order chi connectivity index (χ1) is 12.1. The normalized spacial score (nSPS) is 10.8. The molecule has 0 aliphatic heterocycles. The van der Waals surface area contributed by atoms with Gasteiger partial charge in [0.15, 0.2) is 5.69 Å². The van der Waals surface area contributed by atoms with Crippen LogP contribution in [0.15, 0.2) is 53.3 Å². The predicted molar refractivity (Wildman–Crippen MR) is 93.9 cm³/mol. The molecule has 5 nitrogen and oxygen atoms in total. The predicted octanol–water partition coefficient (Wildman–Crippen LogP) is 2.88. The first-order valence-electron chi connectivity index (χ1n) is 8.12. The Bertz CT molecular complexity index is 965. The molecule has 0 fully saturated rings. The number of carbonyl (C=O) groups is 1. The summed E-state index contributed by atoms with van der Waals surface area (Å²) in [4.78, 5) is 25.0. The van der Waals surface area contributed by atoms with Crippen molar-refractivity contribution < 1.29 is 9.18 Å². The van der Waals surface area contributed by atoms with Crippen LogP contribution in [0, 0.1) is 5.82 Å². The molecule has 0 saturated heterocycles. The lowest BCUT2D eigenvalue weighted by molar-refractivity contribution is 0.0945. The van der Waals surface area contributed by atoms with Crippen molar-refractivity contribution in [1.82, 2.24) is 15.1 Å². The Morgan fingerprint density at radius 1 is 1.12 bits per heavy atom. The molecule has 128 valence electrons. The van der Waals surface area contributed by atoms with Crippen LogP contribution >= 0.6 is 0 Å². The van der Waals surface area contributed by atoms with E-state index >= 15 is 0 Å². The molecule has 2 aromatic carbocycles. The van der Waals surface area contributed by atoms with Crippen molar-refractivity contribution in [3.05, 3.63) is 76.0 Å². The van der Waals surface area contributed by atoms with E-state index in [9.17, 15) is 14.0 Å². The third kappa shape index (κ3) is 3.57. The lowest BCUT2D eigenvalue weighted by Crippen LogP contribution is -2.30. The first-order valence-corrected chi connectivity index (χ1v) is 8.12. The van der Waals surface area contributed by atoms with Crippen LogP contribution < -0.4 is 10.9 Å². The van der Waals surface area contributed by atoms with Crippen molar-refractivity contribution in [3.63, 3.8) is 0 Å². The van der Waals surface area contributed by atoms with Crippen molar-refractivity contribution in [2.75, 3.05) is 0 Å². The molecule has 0 radical (unpaired) electrons. The summed E-state index contributed by atoms with van der Waals surface area (Å²) >= 11 is 0. The minimum Gasteiger partial charge on any atom is -0.347 e. The van der Waals surface area contributed by atoms with Gasteiger partial charge in [-0.1, -0.05) is 37.3 Å². The number of carbonyl (C=O) groups excluding carboxylic acids is 1. The highest BCUT2D eigenvalue weighted by Gasteiger charge is 2.16. The fraction of sp³-hybridized carbons (Fsp3) is 0.211. The third-order valence-electron chi connectivity index (χ3n) is 3.88. The Balaban J connectivity index is 1.93. The topological polar surface area (TPSA) is 64.0 Å². The van der Waals surface area contributed by atoms with E-state index in [1.165, 1.54) is 16.8 Å². The van der Waals surface area contributed by atoms with Crippen LogP contribution in [-0.2, 0) is 13.1 Å². The van der Waals surface area contributed by atoms with E-state index in [-0.39, 0.29) is 29.5 Å². The number of rotatable bonds is 5. The molecule has 0 bridgehead atoms. The van der Waals surface area contributed by atoms with Gasteiger partial charge in [0, 0.05) is 18.5 Å². The van der Waals surface area contributed by atoms with Gasteiger partial charge in [0.25, 0.3) is 11.5 Å². The van der Waals surface area contributed by atoms with Gasteiger partial charge >= 0.3 is 0 Å². The number of hydrogen-bond acceptors (Lipinski definition) is 3. The molecule has 0 atom stereocenters. The largest absolute Gasteiger partial charge is 0.347 e. The lowest BCUT2D eigenvalue weighted by Gasteiger charge is -2.11. The van der Waals surface area contributed by atoms with Crippen molar-refractivity contribution in [1.29, 1.82) is 0 Å². The molecule has 1 N–H and O–H groups in total. The molecule has 1 heterocycles. The molecule has 1 amide bonds. The number of amides is 1. The minimum absolute atomic E-state index is 0.201. The monoisotopic (exact) mass is 339 g/mol. The van der Waals surface area contributed by atoms with Crippen LogP contribution in [0.2, 0.25) is 0 Å². The Labute approximate surface area is 144 Å². The molecule has 3 rings (SSSR count). The third-order valence-corrected chi connectivity index (χ3v) is 3.88. The molecule has 0 spiro atoms. The summed E-state index contributed by atoms with van der Waals surface area (Å²) in [7, 11) is 0. The van der Waals surface area contributed by atoms with Crippen LogP contribution in [0.4, 0.5) is 4.39 Å². The van der Waals surface area contributed by atoms with Crippen LogP contribution in [-0.4, -0.2) is 15.7 Å². The van der Waals surface area contributed by atoms with Gasteiger partial charge in [0.05, 0.1) is 5.39 Å². The minimum atomic E-state index is -0.370. The van der Waals surface area contributed by atoms with E-state index in [4.69, 9.17) is 0 Å². The van der Waals surface area contributed by atoms with Crippen LogP contribution in [0.5, 0.6) is 0 Å². The SMILES string of the molecule is CCCn1nc(C(=O)NCc2ccc(F)cc2)c2ccccc2c1=O. The second-order valence-electron chi connectivity index (χ2n) is 5.73. The maximum atomic E-state index is 13.0. The Hall–Kier alpha value is -3.02. The molecular weight excluding hydrogens is 321 g/mol. The van der Waals surface area contributed by atoms with E-state index in [0.29, 0.717) is 17.3 Å². The van der Waals surface area contributed by atoms with Crippen LogP contribution in [0.3, 0.4) is 0 Å². The summed E-state index contributed by atoms with van der Waals surface area (Å²) in [6.45, 7) is 2.64. The van der Waals surface area contributed by atoms with Gasteiger partial charge < -0.3 is 5.32 Å². The number of fused-ring (bicyclic) bond motifs is 1. The van der Waals surface area contributed by atoms with Crippen LogP contribution in [0.1, 0.15) is 29.4 Å². The zero-order valence-electron chi connectivity index (χ0n) is 13.8. The molecule has 3 aromatic rings. The van der Waals surface area contributed by atoms with Gasteiger partial charge in [0.2, 0.25) is 0 Å². The van der Waals surface area contributed by atoms with Gasteiger partial charge in [-0.15, -0.1) is 0 Å². The van der Waals surface area contributed by atoms with E-state index in [1.807, 2.05) is 6.92 Å². The fourth-order valence-electron chi connectivity index (χ4n) is 2.63. The number of nitrogens with zero attached hydrogens (tertiary/aromatic N) is 2. The van der Waals surface area contributed by atoms with Gasteiger partial charge in [-0.25, -0.2) is 9.07 Å². The smallest absolute Gasteiger partial charge is 0.274 e. The standard InChI is InChI=1S/C19H18FN3O2/c1-2-11-23-19(25)16-6-4-3-5-15(16)17(22-23)18(24)21-12-13-7-9-14(20)10-8-13/h3-10H,2,11-12H2,1H3,(H,21,24). The second-order valence-corrected chi connectivity index (χ2v) is 5.73. The number of aryl methyl sites for hydroxylation is 1. The van der Waals surface area contributed by atoms with Crippen LogP contribution in [0.25, 0.3) is 10.8 Å². The van der Waals surface area contributed by atoms with E-state index in [1.54, 1.807) is 36.4 Å². The number of hydrogen-bond donors (Lipinski definition) is 1. The van der Waals surface area contributed by atoms with Crippen molar-refractivity contribution in [3.8, 4) is 0 Å². The Morgan fingerprint density at radius 2 is 1.80 bits per heavy atom. The molecule has 25 heavy (non-hydrogen) atoms. The molecule has 6 heteroatoms. The number of halogens is 1. The van der Waals surface area contributed by atoms with E-state index < -0.39 is 0 Å².